The second-order valence-electron chi connectivity index (χ2n) is 8.02. The number of benzene rings is 1. The van der Waals surface area contributed by atoms with E-state index in [0.717, 1.165) is 45.6 Å². The normalized spacial score (nSPS) is 23.7. The fourth-order valence-corrected chi connectivity index (χ4v) is 4.51. The summed E-state index contributed by atoms with van der Waals surface area (Å²) in [6.45, 7) is 8.82. The van der Waals surface area contributed by atoms with Gasteiger partial charge in [0.2, 0.25) is 0 Å². The summed E-state index contributed by atoms with van der Waals surface area (Å²) in [6.07, 6.45) is 2.59. The van der Waals surface area contributed by atoms with Crippen molar-refractivity contribution in [3.8, 4) is 11.5 Å². The van der Waals surface area contributed by atoms with Crippen LogP contribution in [0.1, 0.15) is 26.7 Å². The summed E-state index contributed by atoms with van der Waals surface area (Å²) in [4.78, 5) is 17.1. The number of morpholine rings is 1. The Balaban J connectivity index is 1.52. The van der Waals surface area contributed by atoms with Crippen molar-refractivity contribution in [2.75, 3.05) is 52.3 Å². The third-order valence-electron chi connectivity index (χ3n) is 5.63. The second-order valence-corrected chi connectivity index (χ2v) is 8.43. The van der Waals surface area contributed by atoms with E-state index >= 15 is 0 Å². The molecule has 0 spiro atoms. The van der Waals surface area contributed by atoms with Gasteiger partial charge >= 0.3 is 6.03 Å². The van der Waals surface area contributed by atoms with Gasteiger partial charge in [0.15, 0.2) is 0 Å². The molecule has 1 N–H and O–H groups in total. The van der Waals surface area contributed by atoms with Crippen molar-refractivity contribution in [1.82, 2.24) is 9.80 Å². The first kappa shape index (κ1) is 22.0. The minimum absolute atomic E-state index is 0.128. The van der Waals surface area contributed by atoms with Crippen molar-refractivity contribution in [1.29, 1.82) is 0 Å². The Morgan fingerprint density at radius 2 is 1.76 bits per heavy atom. The lowest BCUT2D eigenvalue weighted by atomic mass is 9.96. The second kappa shape index (κ2) is 9.87. The van der Waals surface area contributed by atoms with Gasteiger partial charge in [-0.15, -0.1) is 0 Å². The van der Waals surface area contributed by atoms with Crippen LogP contribution in [0.25, 0.3) is 0 Å². The van der Waals surface area contributed by atoms with Crippen LogP contribution in [-0.4, -0.2) is 75.0 Å². The standard InChI is InChI=1S/C21H32ClN3O4/c1-14-11-24(12-15(2)29-14)13-16-5-7-25(8-6-16)21(26)23-18-9-17(22)19(27-3)10-20(18)28-4/h9-10,14-16H,5-8,11-13H2,1-4H3,(H,23,26)/t14-,15-/m0/s1. The van der Waals surface area contributed by atoms with Crippen LogP contribution >= 0.6 is 11.6 Å². The fraction of sp³-hybridized carbons (Fsp3) is 0.667. The van der Waals surface area contributed by atoms with Gasteiger partial charge in [-0.1, -0.05) is 11.6 Å². The number of nitrogens with one attached hydrogen (secondary N) is 1. The quantitative estimate of drug-likeness (QED) is 0.779. The highest BCUT2D eigenvalue weighted by atomic mass is 35.5. The Morgan fingerprint density at radius 1 is 1.14 bits per heavy atom. The number of ether oxygens (including phenoxy) is 3. The molecule has 0 saturated carbocycles. The summed E-state index contributed by atoms with van der Waals surface area (Å²) in [5.74, 6) is 1.64. The molecule has 162 valence electrons. The molecule has 2 atom stereocenters. The number of nitrogens with zero attached hydrogens (tertiary/aromatic N) is 2. The van der Waals surface area contributed by atoms with E-state index in [-0.39, 0.29) is 18.2 Å². The number of urea groups is 1. The lowest BCUT2D eigenvalue weighted by molar-refractivity contribution is -0.0728. The minimum Gasteiger partial charge on any atom is -0.495 e. The Labute approximate surface area is 178 Å². The van der Waals surface area contributed by atoms with E-state index < -0.39 is 0 Å². The van der Waals surface area contributed by atoms with Gasteiger partial charge < -0.3 is 24.4 Å². The van der Waals surface area contributed by atoms with Crippen LogP contribution in [0, 0.1) is 5.92 Å². The van der Waals surface area contributed by atoms with Gasteiger partial charge in [0.1, 0.15) is 11.5 Å². The number of amides is 2. The van der Waals surface area contributed by atoms with Gasteiger partial charge in [0.05, 0.1) is 37.1 Å². The topological polar surface area (TPSA) is 63.3 Å². The van der Waals surface area contributed by atoms with Gasteiger partial charge in [0, 0.05) is 38.8 Å². The van der Waals surface area contributed by atoms with E-state index in [4.69, 9.17) is 25.8 Å². The van der Waals surface area contributed by atoms with Crippen LogP contribution in [0.4, 0.5) is 10.5 Å². The molecule has 2 aliphatic rings. The molecule has 1 aromatic carbocycles. The molecule has 0 unspecified atom stereocenters. The number of methoxy groups -OCH3 is 2. The minimum atomic E-state index is -0.128. The number of halogens is 1. The van der Waals surface area contributed by atoms with Crippen LogP contribution in [0.2, 0.25) is 5.02 Å². The van der Waals surface area contributed by atoms with Crippen LogP contribution < -0.4 is 14.8 Å². The number of piperidine rings is 1. The molecule has 0 aliphatic carbocycles. The maximum absolute atomic E-state index is 12.7. The average molecular weight is 426 g/mol. The zero-order valence-electron chi connectivity index (χ0n) is 17.7. The number of carbonyl (C=O) groups excluding carboxylic acids is 1. The van der Waals surface area contributed by atoms with Crippen LogP contribution in [0.5, 0.6) is 11.5 Å². The van der Waals surface area contributed by atoms with Crippen molar-refractivity contribution < 1.29 is 19.0 Å². The zero-order chi connectivity index (χ0) is 21.0. The lowest BCUT2D eigenvalue weighted by Crippen LogP contribution is -2.49. The molecule has 2 amide bonds. The summed E-state index contributed by atoms with van der Waals surface area (Å²) < 4.78 is 16.4. The monoisotopic (exact) mass is 425 g/mol. The van der Waals surface area contributed by atoms with Crippen molar-refractivity contribution >= 4 is 23.3 Å². The Kier molecular flexibility index (Phi) is 7.49. The summed E-state index contributed by atoms with van der Waals surface area (Å²) in [7, 11) is 3.10. The third kappa shape index (κ3) is 5.68. The number of hydrogen-bond acceptors (Lipinski definition) is 5. The van der Waals surface area contributed by atoms with E-state index in [2.05, 4.69) is 24.1 Å². The van der Waals surface area contributed by atoms with Crippen LogP contribution in [-0.2, 0) is 4.74 Å². The van der Waals surface area contributed by atoms with E-state index in [9.17, 15) is 4.79 Å². The Morgan fingerprint density at radius 3 is 2.34 bits per heavy atom. The maximum atomic E-state index is 12.7. The first-order chi connectivity index (χ1) is 13.9. The number of hydrogen-bond donors (Lipinski definition) is 1. The van der Waals surface area contributed by atoms with Gasteiger partial charge in [0.25, 0.3) is 0 Å². The molecule has 29 heavy (non-hydrogen) atoms. The largest absolute Gasteiger partial charge is 0.495 e. The Bertz CT molecular complexity index is 699. The van der Waals surface area contributed by atoms with Crippen LogP contribution in [0.15, 0.2) is 12.1 Å². The van der Waals surface area contributed by atoms with E-state index in [1.807, 2.05) is 4.90 Å². The average Bonchev–Trinajstić information content (AvgIpc) is 2.68. The predicted octanol–water partition coefficient (Wildman–Crippen LogP) is 3.71. The highest BCUT2D eigenvalue weighted by molar-refractivity contribution is 6.32. The summed E-state index contributed by atoms with van der Waals surface area (Å²) in [5, 5.41) is 3.35. The molecular weight excluding hydrogens is 394 g/mol. The molecule has 0 radical (unpaired) electrons. The van der Waals surface area contributed by atoms with Crippen molar-refractivity contribution in [3.05, 3.63) is 17.2 Å². The Hall–Kier alpha value is -1.70. The van der Waals surface area contributed by atoms with Crippen molar-refractivity contribution in [3.63, 3.8) is 0 Å². The molecule has 7 nitrogen and oxygen atoms in total. The van der Waals surface area contributed by atoms with Crippen LogP contribution in [0.3, 0.4) is 0 Å². The van der Waals surface area contributed by atoms with Gasteiger partial charge in [-0.3, -0.25) is 4.90 Å². The summed E-state index contributed by atoms with van der Waals surface area (Å²) in [6, 6.07) is 3.20. The molecule has 0 aromatic heterocycles. The molecule has 8 heteroatoms. The highest BCUT2D eigenvalue weighted by Crippen LogP contribution is 2.36. The third-order valence-corrected chi connectivity index (χ3v) is 5.92. The molecule has 2 aliphatic heterocycles. The lowest BCUT2D eigenvalue weighted by Gasteiger charge is -2.39. The number of carbonyl (C=O) groups is 1. The van der Waals surface area contributed by atoms with E-state index in [0.29, 0.717) is 28.1 Å². The summed E-state index contributed by atoms with van der Waals surface area (Å²) >= 11 is 6.20. The molecule has 2 fully saturated rings. The number of anilines is 1. The number of rotatable bonds is 5. The predicted molar refractivity (Wildman–Crippen MR) is 114 cm³/mol. The van der Waals surface area contributed by atoms with Gasteiger partial charge in [-0.05, 0) is 38.7 Å². The summed E-state index contributed by atoms with van der Waals surface area (Å²) in [5.41, 5.74) is 0.543. The van der Waals surface area contributed by atoms with Gasteiger partial charge in [-0.2, -0.15) is 0 Å². The van der Waals surface area contributed by atoms with Crippen molar-refractivity contribution in [2.45, 2.75) is 38.9 Å². The van der Waals surface area contributed by atoms with E-state index in [1.165, 1.54) is 0 Å². The van der Waals surface area contributed by atoms with E-state index in [1.54, 1.807) is 26.4 Å². The molecule has 2 saturated heterocycles. The maximum Gasteiger partial charge on any atom is 0.321 e. The SMILES string of the molecule is COc1cc(OC)c(NC(=O)N2CCC(CN3C[C@H](C)O[C@@H](C)C3)CC2)cc1Cl. The molecule has 3 rings (SSSR count). The molecule has 2 heterocycles. The van der Waals surface area contributed by atoms with Crippen molar-refractivity contribution in [2.24, 2.45) is 5.92 Å². The highest BCUT2D eigenvalue weighted by Gasteiger charge is 2.28. The number of likely N-dealkylation sites (tertiary alicyclic amines) is 1. The fourth-order valence-electron chi connectivity index (χ4n) is 4.27. The first-order valence-electron chi connectivity index (χ1n) is 10.2. The smallest absolute Gasteiger partial charge is 0.321 e. The molecule has 1 aromatic rings. The molecule has 0 bridgehead atoms. The zero-order valence-corrected chi connectivity index (χ0v) is 18.5. The first-order valence-corrected chi connectivity index (χ1v) is 10.6. The molecular formula is C21H32ClN3O4. The van der Waals surface area contributed by atoms with Gasteiger partial charge in [-0.25, -0.2) is 4.79 Å².